The van der Waals surface area contributed by atoms with Crippen LogP contribution in [0.3, 0.4) is 0 Å². The Kier molecular flexibility index (Phi) is 7.51. The first-order chi connectivity index (χ1) is 15.7. The Morgan fingerprint density at radius 1 is 1.09 bits per heavy atom. The largest absolute Gasteiger partial charge is 0.375 e. The van der Waals surface area contributed by atoms with Crippen LogP contribution in [0.25, 0.3) is 0 Å². The normalized spacial score (nSPS) is 29.4. The van der Waals surface area contributed by atoms with Crippen molar-refractivity contribution < 1.29 is 14.3 Å². The summed E-state index contributed by atoms with van der Waals surface area (Å²) >= 11 is 10.2. The van der Waals surface area contributed by atoms with Crippen molar-refractivity contribution in [3.8, 4) is 0 Å². The molecule has 1 saturated carbocycles. The SMILES string of the molecule is C[C@@H]1CC(Nc2ccc(Cl)cc2)(C(=O)NCC2CC3(CCN(C(=O)CS)CC3)C2)C[C@H](C)O1. The number of nitrogens with one attached hydrogen (secondary N) is 2. The molecule has 2 saturated heterocycles. The van der Waals surface area contributed by atoms with Crippen molar-refractivity contribution in [1.82, 2.24) is 10.2 Å². The number of hydrogen-bond donors (Lipinski definition) is 3. The van der Waals surface area contributed by atoms with E-state index in [0.29, 0.717) is 35.7 Å². The highest BCUT2D eigenvalue weighted by Crippen LogP contribution is 2.52. The van der Waals surface area contributed by atoms with E-state index < -0.39 is 5.54 Å². The molecular weight excluding hydrogens is 458 g/mol. The molecule has 2 amide bonds. The van der Waals surface area contributed by atoms with Crippen LogP contribution in [0.2, 0.25) is 5.02 Å². The minimum atomic E-state index is -0.703. The molecule has 0 radical (unpaired) electrons. The molecule has 3 aliphatic rings. The summed E-state index contributed by atoms with van der Waals surface area (Å²) in [5.74, 6) is 0.975. The van der Waals surface area contributed by atoms with Gasteiger partial charge in [0, 0.05) is 43.2 Å². The first kappa shape index (κ1) is 24.7. The topological polar surface area (TPSA) is 70.7 Å². The Labute approximate surface area is 207 Å². The maximum absolute atomic E-state index is 13.5. The summed E-state index contributed by atoms with van der Waals surface area (Å²) in [7, 11) is 0. The monoisotopic (exact) mass is 493 g/mol. The van der Waals surface area contributed by atoms with Crippen molar-refractivity contribution in [3.05, 3.63) is 29.3 Å². The molecule has 8 heteroatoms. The fourth-order valence-electron chi connectivity index (χ4n) is 6.17. The molecule has 182 valence electrons. The molecule has 2 aliphatic heterocycles. The van der Waals surface area contributed by atoms with E-state index >= 15 is 0 Å². The summed E-state index contributed by atoms with van der Waals surface area (Å²) < 4.78 is 5.94. The summed E-state index contributed by atoms with van der Waals surface area (Å²) in [5.41, 5.74) is 0.537. The quantitative estimate of drug-likeness (QED) is 0.521. The lowest BCUT2D eigenvalue weighted by Crippen LogP contribution is -2.60. The number of hydrogen-bond acceptors (Lipinski definition) is 5. The van der Waals surface area contributed by atoms with E-state index in [4.69, 9.17) is 16.3 Å². The standard InChI is InChI=1S/C25H36ClN3O3S/c1-17-11-25(12-18(2)32-17,28-21-5-3-20(26)4-6-21)23(31)27-15-19-13-24(14-19)7-9-29(10-8-24)22(30)16-33/h3-6,17-19,28,33H,7-16H2,1-2H3,(H,27,31)/t17-,18+,25?. The molecule has 1 aromatic rings. The Balaban J connectivity index is 1.33. The second-order valence-electron chi connectivity index (χ2n) is 10.4. The lowest BCUT2D eigenvalue weighted by atomic mass is 9.57. The van der Waals surface area contributed by atoms with E-state index in [2.05, 4.69) is 23.3 Å². The number of benzene rings is 1. The van der Waals surface area contributed by atoms with Gasteiger partial charge in [-0.3, -0.25) is 9.59 Å². The molecule has 2 N–H and O–H groups in total. The molecule has 1 aromatic carbocycles. The fourth-order valence-corrected chi connectivity index (χ4v) is 6.49. The van der Waals surface area contributed by atoms with E-state index in [1.165, 1.54) is 0 Å². The highest BCUT2D eigenvalue weighted by atomic mass is 35.5. The van der Waals surface area contributed by atoms with Gasteiger partial charge in [0.15, 0.2) is 0 Å². The second-order valence-corrected chi connectivity index (χ2v) is 11.2. The fraction of sp³-hybridized carbons (Fsp3) is 0.680. The van der Waals surface area contributed by atoms with Crippen LogP contribution in [0.15, 0.2) is 24.3 Å². The van der Waals surface area contributed by atoms with Crippen molar-refractivity contribution in [1.29, 1.82) is 0 Å². The van der Waals surface area contributed by atoms with Gasteiger partial charge in [-0.15, -0.1) is 0 Å². The molecule has 1 spiro atoms. The molecule has 3 atom stereocenters. The number of likely N-dealkylation sites (tertiary alicyclic amines) is 1. The van der Waals surface area contributed by atoms with Crippen LogP contribution in [-0.2, 0) is 14.3 Å². The van der Waals surface area contributed by atoms with Crippen LogP contribution in [0, 0.1) is 11.3 Å². The Morgan fingerprint density at radius 3 is 2.27 bits per heavy atom. The van der Waals surface area contributed by atoms with E-state index in [9.17, 15) is 9.59 Å². The zero-order chi connectivity index (χ0) is 23.6. The number of carbonyl (C=O) groups is 2. The molecule has 33 heavy (non-hydrogen) atoms. The number of halogens is 1. The number of thiol groups is 1. The number of rotatable bonds is 6. The third-order valence-electron chi connectivity index (χ3n) is 7.71. The highest BCUT2D eigenvalue weighted by molar-refractivity contribution is 7.81. The van der Waals surface area contributed by atoms with Crippen LogP contribution >= 0.6 is 24.2 Å². The molecule has 6 nitrogen and oxygen atoms in total. The van der Waals surface area contributed by atoms with Crippen molar-refractivity contribution in [2.24, 2.45) is 11.3 Å². The number of carbonyl (C=O) groups excluding carboxylic acids is 2. The van der Waals surface area contributed by atoms with Crippen LogP contribution < -0.4 is 10.6 Å². The zero-order valence-electron chi connectivity index (χ0n) is 19.6. The summed E-state index contributed by atoms with van der Waals surface area (Å²) in [6.45, 7) is 6.43. The molecule has 0 bridgehead atoms. The summed E-state index contributed by atoms with van der Waals surface area (Å²) in [5, 5.41) is 7.47. The van der Waals surface area contributed by atoms with Gasteiger partial charge in [0.1, 0.15) is 5.54 Å². The predicted octanol–water partition coefficient (Wildman–Crippen LogP) is 4.14. The predicted molar refractivity (Wildman–Crippen MR) is 135 cm³/mol. The van der Waals surface area contributed by atoms with Crippen molar-refractivity contribution in [2.75, 3.05) is 30.7 Å². The van der Waals surface area contributed by atoms with Crippen LogP contribution in [-0.4, -0.2) is 59.8 Å². The van der Waals surface area contributed by atoms with Gasteiger partial charge >= 0.3 is 0 Å². The first-order valence-electron chi connectivity index (χ1n) is 12.1. The smallest absolute Gasteiger partial charge is 0.245 e. The van der Waals surface area contributed by atoms with Crippen LogP contribution in [0.5, 0.6) is 0 Å². The van der Waals surface area contributed by atoms with Gasteiger partial charge < -0.3 is 20.3 Å². The lowest BCUT2D eigenvalue weighted by Gasteiger charge is -2.52. The Morgan fingerprint density at radius 2 is 1.70 bits per heavy atom. The van der Waals surface area contributed by atoms with E-state index in [1.54, 1.807) is 0 Å². The number of nitrogens with zero attached hydrogens (tertiary/aromatic N) is 1. The molecule has 2 heterocycles. The van der Waals surface area contributed by atoms with Gasteiger partial charge in [-0.2, -0.15) is 12.6 Å². The third kappa shape index (κ3) is 5.63. The summed E-state index contributed by atoms with van der Waals surface area (Å²) in [6, 6.07) is 7.51. The Bertz CT molecular complexity index is 839. The maximum Gasteiger partial charge on any atom is 0.245 e. The van der Waals surface area contributed by atoms with Crippen molar-refractivity contribution in [3.63, 3.8) is 0 Å². The van der Waals surface area contributed by atoms with Gasteiger partial charge in [0.05, 0.1) is 18.0 Å². The molecule has 1 aliphatic carbocycles. The van der Waals surface area contributed by atoms with E-state index in [0.717, 1.165) is 44.5 Å². The summed E-state index contributed by atoms with van der Waals surface area (Å²) in [4.78, 5) is 27.4. The average Bonchev–Trinajstić information content (AvgIpc) is 2.76. The Hall–Kier alpha value is -1.44. The minimum absolute atomic E-state index is 0.00331. The molecule has 0 aromatic heterocycles. The van der Waals surface area contributed by atoms with Crippen molar-refractivity contribution in [2.45, 2.75) is 70.1 Å². The zero-order valence-corrected chi connectivity index (χ0v) is 21.3. The van der Waals surface area contributed by atoms with E-state index in [-0.39, 0.29) is 29.8 Å². The second kappa shape index (κ2) is 10.0. The number of anilines is 1. The molecule has 1 unspecified atom stereocenters. The van der Waals surface area contributed by atoms with Crippen molar-refractivity contribution >= 4 is 41.7 Å². The van der Waals surface area contributed by atoms with Gasteiger partial charge in [0.2, 0.25) is 11.8 Å². The first-order valence-corrected chi connectivity index (χ1v) is 13.1. The maximum atomic E-state index is 13.5. The van der Waals surface area contributed by atoms with Gasteiger partial charge in [0.25, 0.3) is 0 Å². The molecular formula is C25H36ClN3O3S. The number of piperidine rings is 1. The number of ether oxygens (including phenoxy) is 1. The highest BCUT2D eigenvalue weighted by Gasteiger charge is 2.48. The minimum Gasteiger partial charge on any atom is -0.375 e. The number of amides is 2. The molecule has 3 fully saturated rings. The lowest BCUT2D eigenvalue weighted by molar-refractivity contribution is -0.136. The van der Waals surface area contributed by atoms with Gasteiger partial charge in [-0.25, -0.2) is 0 Å². The van der Waals surface area contributed by atoms with E-state index in [1.807, 2.05) is 43.0 Å². The van der Waals surface area contributed by atoms with Gasteiger partial charge in [-0.1, -0.05) is 11.6 Å². The molecule has 4 rings (SSSR count). The van der Waals surface area contributed by atoms with Gasteiger partial charge in [-0.05, 0) is 75.1 Å². The van der Waals surface area contributed by atoms with Crippen LogP contribution in [0.4, 0.5) is 5.69 Å². The third-order valence-corrected chi connectivity index (χ3v) is 8.23. The average molecular weight is 494 g/mol. The summed E-state index contributed by atoms with van der Waals surface area (Å²) in [6.07, 6.45) is 5.61. The van der Waals surface area contributed by atoms with Crippen LogP contribution in [0.1, 0.15) is 52.4 Å².